The van der Waals surface area contributed by atoms with Gasteiger partial charge in [-0.15, -0.1) is 0 Å². The van der Waals surface area contributed by atoms with E-state index in [-0.39, 0.29) is 28.3 Å². The first-order valence-electron chi connectivity index (χ1n) is 11.1. The SMILES string of the molecule is Cc1cncc2ccc(CC(=O)[C@@H]3CC3c3ccc(S(=O)(=O)Cc4ccc(F)cn4)cc3)cc12. The Morgan fingerprint density at radius 3 is 2.56 bits per heavy atom. The highest BCUT2D eigenvalue weighted by Gasteiger charge is 2.43. The Morgan fingerprint density at radius 1 is 1.03 bits per heavy atom. The average molecular weight is 475 g/mol. The standard InChI is InChI=1S/C27H23FN2O3S/c1-17-13-29-14-20-3-2-18(10-24(17)20)11-27(31)26-12-25(26)19-4-8-23(9-5-19)34(32,33)16-22-7-6-21(28)15-30-22/h2-10,13-15,25-26H,11-12,16H2,1H3/t25?,26-/m1/s1. The van der Waals surface area contributed by atoms with E-state index in [9.17, 15) is 17.6 Å². The molecule has 1 aliphatic carbocycles. The Balaban J connectivity index is 1.24. The Bertz CT molecular complexity index is 1480. The molecule has 5 rings (SSSR count). The summed E-state index contributed by atoms with van der Waals surface area (Å²) in [5, 5.41) is 2.17. The van der Waals surface area contributed by atoms with Gasteiger partial charge < -0.3 is 0 Å². The average Bonchev–Trinajstić information content (AvgIpc) is 3.62. The van der Waals surface area contributed by atoms with Crippen molar-refractivity contribution in [2.45, 2.75) is 36.3 Å². The summed E-state index contributed by atoms with van der Waals surface area (Å²) in [6.45, 7) is 2.01. The van der Waals surface area contributed by atoms with Crippen molar-refractivity contribution in [2.24, 2.45) is 5.92 Å². The fraction of sp³-hybridized carbons (Fsp3) is 0.222. The van der Waals surface area contributed by atoms with Crippen molar-refractivity contribution in [1.29, 1.82) is 0 Å². The molecule has 7 heteroatoms. The molecule has 4 aromatic rings. The number of Topliss-reactive ketones (excluding diaryl/α,β-unsaturated/α-hetero) is 1. The van der Waals surface area contributed by atoms with Gasteiger partial charge in [0, 0.05) is 30.1 Å². The minimum atomic E-state index is -3.60. The Kier molecular flexibility index (Phi) is 5.73. The van der Waals surface area contributed by atoms with Gasteiger partial charge in [0.1, 0.15) is 11.6 Å². The molecule has 2 atom stereocenters. The Labute approximate surface area is 197 Å². The van der Waals surface area contributed by atoms with Crippen molar-refractivity contribution in [1.82, 2.24) is 9.97 Å². The number of aryl methyl sites for hydroxylation is 1. The van der Waals surface area contributed by atoms with Gasteiger partial charge in [0.25, 0.3) is 0 Å². The Hall–Kier alpha value is -3.45. The van der Waals surface area contributed by atoms with E-state index in [1.165, 1.54) is 12.1 Å². The molecule has 1 saturated carbocycles. The summed E-state index contributed by atoms with van der Waals surface area (Å²) in [6, 6.07) is 15.3. The van der Waals surface area contributed by atoms with Gasteiger partial charge in [0.05, 0.1) is 22.5 Å². The van der Waals surface area contributed by atoms with Crippen LogP contribution in [0, 0.1) is 18.7 Å². The molecule has 0 amide bonds. The van der Waals surface area contributed by atoms with Crippen LogP contribution in [0.5, 0.6) is 0 Å². The van der Waals surface area contributed by atoms with Crippen LogP contribution >= 0.6 is 0 Å². The van der Waals surface area contributed by atoms with Gasteiger partial charge in [-0.25, -0.2) is 12.8 Å². The van der Waals surface area contributed by atoms with Gasteiger partial charge in [0.2, 0.25) is 0 Å². The number of ketones is 1. The van der Waals surface area contributed by atoms with Gasteiger partial charge in [-0.05, 0) is 65.6 Å². The second kappa shape index (κ2) is 8.72. The summed E-state index contributed by atoms with van der Waals surface area (Å²) < 4.78 is 38.4. The highest BCUT2D eigenvalue weighted by Crippen LogP contribution is 2.48. The summed E-state index contributed by atoms with van der Waals surface area (Å²) in [7, 11) is -3.60. The van der Waals surface area contributed by atoms with E-state index in [4.69, 9.17) is 0 Å². The van der Waals surface area contributed by atoms with Crippen LogP contribution in [0.25, 0.3) is 10.8 Å². The third kappa shape index (κ3) is 4.61. The second-order valence-electron chi connectivity index (χ2n) is 8.90. The number of carbonyl (C=O) groups excluding carboxylic acids is 1. The molecule has 172 valence electrons. The van der Waals surface area contributed by atoms with E-state index < -0.39 is 15.7 Å². The molecule has 0 bridgehead atoms. The number of aromatic nitrogens is 2. The molecule has 0 N–H and O–H groups in total. The molecule has 1 aliphatic rings. The van der Waals surface area contributed by atoms with E-state index in [1.807, 2.05) is 31.5 Å². The molecule has 5 nitrogen and oxygen atoms in total. The number of hydrogen-bond acceptors (Lipinski definition) is 5. The molecule has 1 fully saturated rings. The quantitative estimate of drug-likeness (QED) is 0.378. The number of fused-ring (bicyclic) bond motifs is 1. The number of hydrogen-bond donors (Lipinski definition) is 0. The number of rotatable bonds is 7. The minimum Gasteiger partial charge on any atom is -0.299 e. The van der Waals surface area contributed by atoms with Crippen LogP contribution in [0.15, 0.2) is 78.1 Å². The number of sulfone groups is 1. The molecule has 0 saturated heterocycles. The van der Waals surface area contributed by atoms with Crippen LogP contribution in [0.1, 0.15) is 34.7 Å². The number of benzene rings is 2. The molecule has 2 aromatic heterocycles. The van der Waals surface area contributed by atoms with Crippen LogP contribution in [-0.2, 0) is 26.8 Å². The Morgan fingerprint density at radius 2 is 1.82 bits per heavy atom. The molecule has 2 aromatic carbocycles. The fourth-order valence-electron chi connectivity index (χ4n) is 4.41. The summed E-state index contributed by atoms with van der Waals surface area (Å²) in [4.78, 5) is 21.1. The van der Waals surface area contributed by atoms with Gasteiger partial charge >= 0.3 is 0 Å². The van der Waals surface area contributed by atoms with Crippen molar-refractivity contribution in [3.8, 4) is 0 Å². The molecule has 2 heterocycles. The fourth-order valence-corrected chi connectivity index (χ4v) is 5.69. The number of nitrogens with zero attached hydrogens (tertiary/aromatic N) is 2. The smallest absolute Gasteiger partial charge is 0.184 e. The van der Waals surface area contributed by atoms with Gasteiger partial charge in [-0.2, -0.15) is 0 Å². The first-order valence-corrected chi connectivity index (χ1v) is 12.7. The maximum Gasteiger partial charge on any atom is 0.184 e. The molecule has 0 radical (unpaired) electrons. The minimum absolute atomic E-state index is 0.0416. The maximum absolute atomic E-state index is 13.0. The van der Waals surface area contributed by atoms with Crippen molar-refractivity contribution >= 4 is 26.4 Å². The topological polar surface area (TPSA) is 77.0 Å². The zero-order valence-electron chi connectivity index (χ0n) is 18.6. The molecular formula is C27H23FN2O3S. The van der Waals surface area contributed by atoms with E-state index >= 15 is 0 Å². The van der Waals surface area contributed by atoms with Crippen molar-refractivity contribution in [2.75, 3.05) is 0 Å². The van der Waals surface area contributed by atoms with E-state index in [2.05, 4.69) is 16.0 Å². The first-order chi connectivity index (χ1) is 16.3. The van der Waals surface area contributed by atoms with Crippen LogP contribution < -0.4 is 0 Å². The lowest BCUT2D eigenvalue weighted by molar-refractivity contribution is -0.119. The van der Waals surface area contributed by atoms with E-state index in [0.29, 0.717) is 12.1 Å². The molecule has 1 unspecified atom stereocenters. The van der Waals surface area contributed by atoms with Crippen molar-refractivity contribution < 1.29 is 17.6 Å². The number of pyridine rings is 2. The zero-order valence-corrected chi connectivity index (χ0v) is 19.4. The molecule has 0 aliphatic heterocycles. The summed E-state index contributed by atoms with van der Waals surface area (Å²) in [5.74, 6) is -0.518. The van der Waals surface area contributed by atoms with Crippen LogP contribution in [0.2, 0.25) is 0 Å². The summed E-state index contributed by atoms with van der Waals surface area (Å²) in [5.41, 5.74) is 3.34. The predicted octanol–water partition coefficient (Wildman–Crippen LogP) is 4.97. The lowest BCUT2D eigenvalue weighted by atomic mass is 9.99. The predicted molar refractivity (Wildman–Crippen MR) is 128 cm³/mol. The molecule has 0 spiro atoms. The van der Waals surface area contributed by atoms with Crippen molar-refractivity contribution in [3.63, 3.8) is 0 Å². The van der Waals surface area contributed by atoms with Gasteiger partial charge in [-0.3, -0.25) is 14.8 Å². The lowest BCUT2D eigenvalue weighted by Gasteiger charge is -2.07. The number of halogens is 1. The second-order valence-corrected chi connectivity index (χ2v) is 10.9. The van der Waals surface area contributed by atoms with Gasteiger partial charge in [-0.1, -0.05) is 30.3 Å². The third-order valence-corrected chi connectivity index (χ3v) is 8.07. The highest BCUT2D eigenvalue weighted by atomic mass is 32.2. The van der Waals surface area contributed by atoms with Gasteiger partial charge in [0.15, 0.2) is 9.84 Å². The van der Waals surface area contributed by atoms with E-state index in [1.54, 1.807) is 24.3 Å². The third-order valence-electron chi connectivity index (χ3n) is 6.40. The molecule has 34 heavy (non-hydrogen) atoms. The summed E-state index contributed by atoms with van der Waals surface area (Å²) in [6.07, 6.45) is 5.82. The highest BCUT2D eigenvalue weighted by molar-refractivity contribution is 7.90. The lowest BCUT2D eigenvalue weighted by Crippen LogP contribution is -2.07. The van der Waals surface area contributed by atoms with Crippen LogP contribution in [0.3, 0.4) is 0 Å². The maximum atomic E-state index is 13.0. The first kappa shape index (κ1) is 22.3. The number of carbonyl (C=O) groups is 1. The zero-order chi connectivity index (χ0) is 23.9. The van der Waals surface area contributed by atoms with Crippen LogP contribution in [0.4, 0.5) is 4.39 Å². The normalized spacial score (nSPS) is 17.6. The van der Waals surface area contributed by atoms with Crippen LogP contribution in [-0.4, -0.2) is 24.2 Å². The monoisotopic (exact) mass is 474 g/mol. The van der Waals surface area contributed by atoms with E-state index in [0.717, 1.165) is 40.1 Å². The largest absolute Gasteiger partial charge is 0.299 e. The molecular weight excluding hydrogens is 451 g/mol. The van der Waals surface area contributed by atoms with Crippen molar-refractivity contribution in [3.05, 3.63) is 101 Å². The summed E-state index contributed by atoms with van der Waals surface area (Å²) >= 11 is 0.